The maximum Gasteiger partial charge on any atom is 0.339 e. The van der Waals surface area contributed by atoms with Crippen molar-refractivity contribution in [3.8, 4) is 0 Å². The van der Waals surface area contributed by atoms with Gasteiger partial charge in [0.05, 0.1) is 0 Å². The molecular weight excluding hydrogens is 220 g/mol. The highest BCUT2D eigenvalue weighted by Crippen LogP contribution is 2.22. The van der Waals surface area contributed by atoms with E-state index in [2.05, 4.69) is 10.3 Å². The molecule has 1 heterocycles. The van der Waals surface area contributed by atoms with Crippen LogP contribution >= 0.6 is 0 Å². The fourth-order valence-corrected chi connectivity index (χ4v) is 1.54. The van der Waals surface area contributed by atoms with Crippen molar-refractivity contribution in [2.24, 2.45) is 0 Å². The van der Waals surface area contributed by atoms with E-state index in [9.17, 15) is 4.79 Å². The first-order chi connectivity index (χ1) is 8.02. The molecule has 0 bridgehead atoms. The molecule has 0 spiro atoms. The monoisotopic (exact) mass is 238 g/mol. The van der Waals surface area contributed by atoms with Crippen LogP contribution in [0.25, 0.3) is 0 Å². The van der Waals surface area contributed by atoms with Crippen molar-refractivity contribution in [2.45, 2.75) is 32.2 Å². The molecule has 94 valence electrons. The average Bonchev–Trinajstić information content (AvgIpc) is 2.29. The van der Waals surface area contributed by atoms with Gasteiger partial charge < -0.3 is 15.5 Å². The largest absolute Gasteiger partial charge is 0.478 e. The molecule has 3 N–H and O–H groups in total. The summed E-state index contributed by atoms with van der Waals surface area (Å²) in [4.78, 5) is 15.1. The fraction of sp³-hybridized carbons (Fsp3) is 0.500. The Morgan fingerprint density at radius 1 is 1.59 bits per heavy atom. The van der Waals surface area contributed by atoms with Crippen LogP contribution in [-0.4, -0.2) is 33.3 Å². The maximum atomic E-state index is 11.0. The van der Waals surface area contributed by atoms with Crippen molar-refractivity contribution in [1.82, 2.24) is 4.98 Å². The zero-order valence-electron chi connectivity index (χ0n) is 10.1. The third kappa shape index (κ3) is 3.42. The number of carboxylic acids is 1. The summed E-state index contributed by atoms with van der Waals surface area (Å²) in [5, 5.41) is 21.2. The molecule has 0 fully saturated rings. The van der Waals surface area contributed by atoms with Crippen LogP contribution in [0.3, 0.4) is 0 Å². The van der Waals surface area contributed by atoms with Crippen LogP contribution in [0.2, 0.25) is 0 Å². The Balaban J connectivity index is 2.97. The lowest BCUT2D eigenvalue weighted by Gasteiger charge is -2.30. The number of hydrogen-bond acceptors (Lipinski definition) is 4. The minimum absolute atomic E-state index is 0.0482. The normalized spacial score (nSPS) is 14.1. The van der Waals surface area contributed by atoms with E-state index in [1.54, 1.807) is 12.3 Å². The highest BCUT2D eigenvalue weighted by atomic mass is 16.4. The van der Waals surface area contributed by atoms with E-state index in [1.165, 1.54) is 6.07 Å². The minimum atomic E-state index is -1.01. The molecule has 0 radical (unpaired) electrons. The second-order valence-corrected chi connectivity index (χ2v) is 4.22. The minimum Gasteiger partial charge on any atom is -0.478 e. The summed E-state index contributed by atoms with van der Waals surface area (Å²) < 4.78 is 0. The molecule has 0 saturated heterocycles. The van der Waals surface area contributed by atoms with Crippen LogP contribution in [0, 0.1) is 0 Å². The number of aromatic carboxylic acids is 1. The lowest BCUT2D eigenvalue weighted by atomic mass is 9.94. The van der Waals surface area contributed by atoms with Gasteiger partial charge in [-0.25, -0.2) is 9.78 Å². The molecule has 0 aliphatic rings. The van der Waals surface area contributed by atoms with Crippen molar-refractivity contribution in [2.75, 3.05) is 11.9 Å². The van der Waals surface area contributed by atoms with Crippen LogP contribution in [0.5, 0.6) is 0 Å². The lowest BCUT2D eigenvalue weighted by Crippen LogP contribution is -2.36. The number of anilines is 1. The van der Waals surface area contributed by atoms with Crippen LogP contribution in [0.4, 0.5) is 5.82 Å². The van der Waals surface area contributed by atoms with Gasteiger partial charge in [0, 0.05) is 18.3 Å². The standard InChI is InChI=1S/C12H18N2O3/c1-3-12(2,6-8-15)14-10-9(11(16)17)5-4-7-13-10/h4-5,7,15H,3,6,8H2,1-2H3,(H,13,14)(H,16,17). The average molecular weight is 238 g/mol. The summed E-state index contributed by atoms with van der Waals surface area (Å²) in [6, 6.07) is 3.09. The summed E-state index contributed by atoms with van der Waals surface area (Å²) in [5.74, 6) is -0.666. The Morgan fingerprint density at radius 2 is 2.29 bits per heavy atom. The third-order valence-corrected chi connectivity index (χ3v) is 2.90. The first-order valence-corrected chi connectivity index (χ1v) is 5.60. The Morgan fingerprint density at radius 3 is 2.82 bits per heavy atom. The SMILES string of the molecule is CCC(C)(CCO)Nc1ncccc1C(=O)O. The van der Waals surface area contributed by atoms with Gasteiger partial charge in [0.15, 0.2) is 0 Å². The molecule has 1 aromatic rings. The maximum absolute atomic E-state index is 11.0. The molecule has 1 aromatic heterocycles. The van der Waals surface area contributed by atoms with Gasteiger partial charge in [-0.3, -0.25) is 0 Å². The predicted octanol–water partition coefficient (Wildman–Crippen LogP) is 1.74. The first-order valence-electron chi connectivity index (χ1n) is 5.60. The molecule has 0 saturated carbocycles. The summed E-state index contributed by atoms with van der Waals surface area (Å²) in [5.41, 5.74) is -0.210. The quantitative estimate of drug-likeness (QED) is 0.703. The molecule has 5 nitrogen and oxygen atoms in total. The van der Waals surface area contributed by atoms with E-state index in [1.807, 2.05) is 13.8 Å². The van der Waals surface area contributed by atoms with Gasteiger partial charge in [-0.2, -0.15) is 0 Å². The number of aromatic nitrogens is 1. The second-order valence-electron chi connectivity index (χ2n) is 4.22. The van der Waals surface area contributed by atoms with Crippen molar-refractivity contribution in [3.05, 3.63) is 23.9 Å². The van der Waals surface area contributed by atoms with Crippen molar-refractivity contribution in [1.29, 1.82) is 0 Å². The van der Waals surface area contributed by atoms with Crippen LogP contribution < -0.4 is 5.32 Å². The van der Waals surface area contributed by atoms with Crippen molar-refractivity contribution in [3.63, 3.8) is 0 Å². The highest BCUT2D eigenvalue weighted by molar-refractivity contribution is 5.93. The van der Waals surface area contributed by atoms with Gasteiger partial charge >= 0.3 is 5.97 Å². The van der Waals surface area contributed by atoms with Crippen LogP contribution in [0.1, 0.15) is 37.0 Å². The Kier molecular flexibility index (Phi) is 4.45. The third-order valence-electron chi connectivity index (χ3n) is 2.90. The fourth-order valence-electron chi connectivity index (χ4n) is 1.54. The second kappa shape index (κ2) is 5.63. The molecular formula is C12H18N2O3. The zero-order chi connectivity index (χ0) is 12.9. The lowest BCUT2D eigenvalue weighted by molar-refractivity contribution is 0.0697. The van der Waals surface area contributed by atoms with E-state index in [0.717, 1.165) is 6.42 Å². The van der Waals surface area contributed by atoms with Crippen LogP contribution in [0.15, 0.2) is 18.3 Å². The number of carbonyl (C=O) groups is 1. The van der Waals surface area contributed by atoms with Crippen molar-refractivity contribution >= 4 is 11.8 Å². The zero-order valence-corrected chi connectivity index (χ0v) is 10.1. The molecule has 0 amide bonds. The smallest absolute Gasteiger partial charge is 0.339 e. The first kappa shape index (κ1) is 13.4. The number of aliphatic hydroxyl groups is 1. The molecule has 0 aromatic carbocycles. The molecule has 0 aliphatic carbocycles. The molecule has 0 aliphatic heterocycles. The van der Waals surface area contributed by atoms with E-state index in [0.29, 0.717) is 12.2 Å². The number of aliphatic hydroxyl groups excluding tert-OH is 1. The number of rotatable bonds is 6. The summed E-state index contributed by atoms with van der Waals surface area (Å²) in [7, 11) is 0. The highest BCUT2D eigenvalue weighted by Gasteiger charge is 2.23. The molecule has 1 rings (SSSR count). The molecule has 1 atom stereocenters. The van der Waals surface area contributed by atoms with Crippen molar-refractivity contribution < 1.29 is 15.0 Å². The summed E-state index contributed by atoms with van der Waals surface area (Å²) in [6.07, 6.45) is 2.85. The molecule has 5 heteroatoms. The molecule has 17 heavy (non-hydrogen) atoms. The summed E-state index contributed by atoms with van der Waals surface area (Å²) >= 11 is 0. The van der Waals surface area contributed by atoms with Gasteiger partial charge in [-0.1, -0.05) is 6.92 Å². The van der Waals surface area contributed by atoms with E-state index >= 15 is 0 Å². The van der Waals surface area contributed by atoms with Gasteiger partial charge in [-0.15, -0.1) is 0 Å². The summed E-state index contributed by atoms with van der Waals surface area (Å²) in [6.45, 7) is 3.96. The van der Waals surface area contributed by atoms with E-state index in [4.69, 9.17) is 10.2 Å². The Hall–Kier alpha value is -1.62. The van der Waals surface area contributed by atoms with Gasteiger partial charge in [0.25, 0.3) is 0 Å². The number of pyridine rings is 1. The van der Waals surface area contributed by atoms with Gasteiger partial charge in [0.2, 0.25) is 0 Å². The van der Waals surface area contributed by atoms with Crippen LogP contribution in [-0.2, 0) is 0 Å². The number of nitrogens with zero attached hydrogens (tertiary/aromatic N) is 1. The number of carboxylic acid groups (broad SMARTS) is 1. The number of nitrogens with one attached hydrogen (secondary N) is 1. The predicted molar refractivity (Wildman–Crippen MR) is 65.2 cm³/mol. The van der Waals surface area contributed by atoms with E-state index in [-0.39, 0.29) is 17.7 Å². The van der Waals surface area contributed by atoms with Gasteiger partial charge in [-0.05, 0) is 31.9 Å². The number of hydrogen-bond donors (Lipinski definition) is 3. The topological polar surface area (TPSA) is 82.5 Å². The Bertz CT molecular complexity index is 395. The van der Waals surface area contributed by atoms with E-state index < -0.39 is 5.97 Å². The molecule has 1 unspecified atom stereocenters. The van der Waals surface area contributed by atoms with Gasteiger partial charge in [0.1, 0.15) is 11.4 Å². The Labute approximate surface area is 101 Å².